The fraction of sp³-hybridized carbons (Fsp3) is 0.545. The third-order valence-corrected chi connectivity index (χ3v) is 3.33. The Labute approximate surface area is 106 Å². The highest BCUT2D eigenvalue weighted by molar-refractivity contribution is 7.80. The summed E-state index contributed by atoms with van der Waals surface area (Å²) in [5.41, 5.74) is 6.28. The van der Waals surface area contributed by atoms with E-state index in [0.29, 0.717) is 12.1 Å². The summed E-state index contributed by atoms with van der Waals surface area (Å²) in [6.07, 6.45) is 0.644. The third kappa shape index (κ3) is 2.82. The van der Waals surface area contributed by atoms with Gasteiger partial charge in [0.2, 0.25) is 0 Å². The predicted molar refractivity (Wildman–Crippen MR) is 70.9 cm³/mol. The molecular formula is C11H18N4OS. The summed E-state index contributed by atoms with van der Waals surface area (Å²) in [6, 6.07) is 1.73. The highest BCUT2D eigenvalue weighted by Gasteiger charge is 2.28. The minimum Gasteiger partial charge on any atom is -0.391 e. The molecule has 1 aromatic heterocycles. The van der Waals surface area contributed by atoms with Gasteiger partial charge in [0.1, 0.15) is 5.69 Å². The number of nitrogens with one attached hydrogen (secondary N) is 1. The van der Waals surface area contributed by atoms with E-state index in [1.807, 2.05) is 20.8 Å². The zero-order valence-corrected chi connectivity index (χ0v) is 11.4. The van der Waals surface area contributed by atoms with Crippen molar-refractivity contribution in [1.82, 2.24) is 15.1 Å². The lowest BCUT2D eigenvalue weighted by atomic mass is 9.99. The lowest BCUT2D eigenvalue weighted by molar-refractivity contribution is 0.0917. The van der Waals surface area contributed by atoms with Crippen LogP contribution < -0.4 is 11.1 Å². The highest BCUT2D eigenvalue weighted by atomic mass is 32.1. The van der Waals surface area contributed by atoms with Crippen LogP contribution in [0.15, 0.2) is 6.07 Å². The van der Waals surface area contributed by atoms with Crippen molar-refractivity contribution < 1.29 is 4.79 Å². The van der Waals surface area contributed by atoms with Gasteiger partial charge in [0.25, 0.3) is 5.91 Å². The Balaban J connectivity index is 2.93. The van der Waals surface area contributed by atoms with Crippen LogP contribution in [-0.4, -0.2) is 26.2 Å². The SMILES string of the molecule is CCC(C)(NC(=O)c1cc(C)nn1C)C(N)=S. The lowest BCUT2D eigenvalue weighted by Crippen LogP contribution is -2.54. The molecule has 3 N–H and O–H groups in total. The van der Waals surface area contributed by atoms with Crippen molar-refractivity contribution >= 4 is 23.1 Å². The largest absolute Gasteiger partial charge is 0.391 e. The fourth-order valence-corrected chi connectivity index (χ4v) is 1.66. The van der Waals surface area contributed by atoms with Crippen molar-refractivity contribution in [3.8, 4) is 0 Å². The summed E-state index contributed by atoms with van der Waals surface area (Å²) in [5.74, 6) is -0.217. The molecule has 0 radical (unpaired) electrons. The van der Waals surface area contributed by atoms with E-state index in [-0.39, 0.29) is 10.9 Å². The highest BCUT2D eigenvalue weighted by Crippen LogP contribution is 2.11. The molecule has 17 heavy (non-hydrogen) atoms. The number of amides is 1. The van der Waals surface area contributed by atoms with Gasteiger partial charge in [-0.3, -0.25) is 9.48 Å². The van der Waals surface area contributed by atoms with Gasteiger partial charge in [0.15, 0.2) is 0 Å². The molecule has 0 spiro atoms. The van der Waals surface area contributed by atoms with Crippen LogP contribution in [0.3, 0.4) is 0 Å². The summed E-state index contributed by atoms with van der Waals surface area (Å²) in [5, 5.41) is 6.97. The molecular weight excluding hydrogens is 236 g/mol. The second-order valence-corrected chi connectivity index (χ2v) is 4.74. The van der Waals surface area contributed by atoms with E-state index in [4.69, 9.17) is 18.0 Å². The van der Waals surface area contributed by atoms with Gasteiger partial charge in [0, 0.05) is 7.05 Å². The number of aromatic nitrogens is 2. The maximum absolute atomic E-state index is 12.1. The minimum absolute atomic E-state index is 0.217. The minimum atomic E-state index is -0.662. The van der Waals surface area contributed by atoms with Crippen LogP contribution in [-0.2, 0) is 7.05 Å². The van der Waals surface area contributed by atoms with E-state index in [1.165, 1.54) is 0 Å². The smallest absolute Gasteiger partial charge is 0.270 e. The van der Waals surface area contributed by atoms with Crippen LogP contribution in [0, 0.1) is 6.92 Å². The number of hydrogen-bond donors (Lipinski definition) is 2. The molecule has 1 heterocycles. The molecule has 1 aromatic rings. The Morgan fingerprint density at radius 2 is 2.29 bits per heavy atom. The first-order valence-corrected chi connectivity index (χ1v) is 5.84. The molecule has 0 fully saturated rings. The van der Waals surface area contributed by atoms with Crippen LogP contribution in [0.2, 0.25) is 0 Å². The number of rotatable bonds is 4. The van der Waals surface area contributed by atoms with Gasteiger partial charge in [-0.2, -0.15) is 5.10 Å². The average Bonchev–Trinajstić information content (AvgIpc) is 2.57. The normalized spacial score (nSPS) is 14.1. The van der Waals surface area contributed by atoms with Crippen molar-refractivity contribution in [1.29, 1.82) is 0 Å². The Morgan fingerprint density at radius 1 is 1.71 bits per heavy atom. The molecule has 5 nitrogen and oxygen atoms in total. The van der Waals surface area contributed by atoms with Gasteiger partial charge in [-0.25, -0.2) is 0 Å². The van der Waals surface area contributed by atoms with Gasteiger partial charge >= 0.3 is 0 Å². The molecule has 1 atom stereocenters. The molecule has 0 bridgehead atoms. The number of nitrogens with zero attached hydrogens (tertiary/aromatic N) is 2. The van der Waals surface area contributed by atoms with Gasteiger partial charge in [-0.1, -0.05) is 19.1 Å². The lowest BCUT2D eigenvalue weighted by Gasteiger charge is -2.28. The van der Waals surface area contributed by atoms with Crippen molar-refractivity contribution in [3.05, 3.63) is 17.5 Å². The van der Waals surface area contributed by atoms with Crippen LogP contribution >= 0.6 is 12.2 Å². The van der Waals surface area contributed by atoms with Crippen LogP contribution in [0.4, 0.5) is 0 Å². The van der Waals surface area contributed by atoms with Gasteiger partial charge in [-0.15, -0.1) is 0 Å². The van der Waals surface area contributed by atoms with Crippen LogP contribution in [0.1, 0.15) is 36.5 Å². The molecule has 6 heteroatoms. The second-order valence-electron chi connectivity index (χ2n) is 4.30. The van der Waals surface area contributed by atoms with E-state index in [1.54, 1.807) is 17.8 Å². The molecule has 94 valence electrons. The molecule has 1 unspecified atom stereocenters. The van der Waals surface area contributed by atoms with Crippen LogP contribution in [0.5, 0.6) is 0 Å². The molecule has 0 saturated carbocycles. The molecule has 0 aliphatic rings. The first-order valence-electron chi connectivity index (χ1n) is 5.43. The fourth-order valence-electron chi connectivity index (χ4n) is 1.46. The molecule has 1 rings (SSSR count). The standard InChI is InChI=1S/C11H18N4OS/c1-5-11(3,10(12)17)13-9(16)8-6-7(2)14-15(8)4/h6H,5H2,1-4H3,(H2,12,17)(H,13,16). The summed E-state index contributed by atoms with van der Waals surface area (Å²) < 4.78 is 1.54. The van der Waals surface area contributed by atoms with Crippen molar-refractivity contribution in [3.63, 3.8) is 0 Å². The van der Waals surface area contributed by atoms with E-state index in [2.05, 4.69) is 10.4 Å². The Hall–Kier alpha value is -1.43. The summed E-state index contributed by atoms with van der Waals surface area (Å²) >= 11 is 4.98. The first kappa shape index (κ1) is 13.6. The Bertz CT molecular complexity index is 454. The summed E-state index contributed by atoms with van der Waals surface area (Å²) in [7, 11) is 1.73. The topological polar surface area (TPSA) is 72.9 Å². The number of carbonyl (C=O) groups is 1. The Morgan fingerprint density at radius 3 is 2.65 bits per heavy atom. The molecule has 1 amide bonds. The molecule has 0 saturated heterocycles. The third-order valence-electron chi connectivity index (χ3n) is 2.87. The zero-order valence-electron chi connectivity index (χ0n) is 10.6. The quantitative estimate of drug-likeness (QED) is 0.783. The summed E-state index contributed by atoms with van der Waals surface area (Å²) in [4.78, 5) is 12.4. The molecule has 0 aliphatic heterocycles. The van der Waals surface area contributed by atoms with Crippen molar-refractivity contribution in [2.45, 2.75) is 32.7 Å². The molecule has 0 aliphatic carbocycles. The number of carbonyl (C=O) groups excluding carboxylic acids is 1. The molecule has 0 aromatic carbocycles. The number of aryl methyl sites for hydroxylation is 2. The maximum atomic E-state index is 12.1. The van der Waals surface area contributed by atoms with E-state index < -0.39 is 5.54 Å². The number of thiocarbonyl (C=S) groups is 1. The number of hydrogen-bond acceptors (Lipinski definition) is 3. The van der Waals surface area contributed by atoms with E-state index >= 15 is 0 Å². The number of nitrogens with two attached hydrogens (primary N) is 1. The monoisotopic (exact) mass is 254 g/mol. The average molecular weight is 254 g/mol. The second kappa shape index (κ2) is 4.83. The van der Waals surface area contributed by atoms with Gasteiger partial charge in [-0.05, 0) is 26.3 Å². The van der Waals surface area contributed by atoms with E-state index in [0.717, 1.165) is 5.69 Å². The maximum Gasteiger partial charge on any atom is 0.270 e. The zero-order chi connectivity index (χ0) is 13.2. The van der Waals surface area contributed by atoms with Gasteiger partial charge < -0.3 is 11.1 Å². The summed E-state index contributed by atoms with van der Waals surface area (Å²) in [6.45, 7) is 5.58. The van der Waals surface area contributed by atoms with Crippen LogP contribution in [0.25, 0.3) is 0 Å². The van der Waals surface area contributed by atoms with Crippen molar-refractivity contribution in [2.75, 3.05) is 0 Å². The first-order chi connectivity index (χ1) is 7.80. The van der Waals surface area contributed by atoms with E-state index in [9.17, 15) is 4.79 Å². The predicted octanol–water partition coefficient (Wildman–Crippen LogP) is 0.913. The van der Waals surface area contributed by atoms with Crippen molar-refractivity contribution in [2.24, 2.45) is 12.8 Å². The Kier molecular flexibility index (Phi) is 3.87. The van der Waals surface area contributed by atoms with Gasteiger partial charge in [0.05, 0.1) is 16.2 Å².